The topological polar surface area (TPSA) is 53.0 Å². The Kier molecular flexibility index (Phi) is 5.13. The summed E-state index contributed by atoms with van der Waals surface area (Å²) in [7, 11) is 0. The average molecular weight is 350 g/mol. The first-order valence-electron chi connectivity index (χ1n) is 9.34. The van der Waals surface area contributed by atoms with Crippen molar-refractivity contribution in [2.75, 3.05) is 39.3 Å². The van der Waals surface area contributed by atoms with E-state index in [1.807, 2.05) is 10.6 Å². The first kappa shape index (κ1) is 17.0. The number of nitrogens with zero attached hydrogens (tertiary/aromatic N) is 5. The van der Waals surface area contributed by atoms with Crippen LogP contribution >= 0.6 is 0 Å². The van der Waals surface area contributed by atoms with Crippen molar-refractivity contribution < 1.29 is 0 Å². The summed E-state index contributed by atoms with van der Waals surface area (Å²) in [5, 5.41) is 9.09. The third-order valence-electron chi connectivity index (χ3n) is 5.24. The lowest BCUT2D eigenvalue weighted by atomic mass is 10.1. The summed E-state index contributed by atoms with van der Waals surface area (Å²) in [6.45, 7) is 10.7. The van der Waals surface area contributed by atoms with Gasteiger partial charge < -0.3 is 9.88 Å². The van der Waals surface area contributed by atoms with Gasteiger partial charge in [0.2, 0.25) is 0 Å². The van der Waals surface area contributed by atoms with Gasteiger partial charge in [-0.05, 0) is 43.1 Å². The van der Waals surface area contributed by atoms with E-state index < -0.39 is 0 Å². The Morgan fingerprint density at radius 1 is 1.08 bits per heavy atom. The van der Waals surface area contributed by atoms with Crippen molar-refractivity contribution in [2.24, 2.45) is 0 Å². The van der Waals surface area contributed by atoms with Gasteiger partial charge in [-0.2, -0.15) is 0 Å². The molecule has 0 bridgehead atoms. The molecule has 0 aliphatic carbocycles. The van der Waals surface area contributed by atoms with E-state index in [1.54, 1.807) is 12.7 Å². The number of hydrogen-bond acceptors (Lipinski definition) is 4. The minimum Gasteiger partial charge on any atom is -0.361 e. The second kappa shape index (κ2) is 7.85. The van der Waals surface area contributed by atoms with E-state index in [4.69, 9.17) is 0 Å². The van der Waals surface area contributed by atoms with Gasteiger partial charge in [-0.1, -0.05) is 6.08 Å². The molecule has 0 unspecified atom stereocenters. The Morgan fingerprint density at radius 2 is 1.85 bits per heavy atom. The first-order valence-corrected chi connectivity index (χ1v) is 9.34. The third kappa shape index (κ3) is 3.71. The Labute approximate surface area is 154 Å². The van der Waals surface area contributed by atoms with E-state index in [1.165, 1.54) is 42.5 Å². The molecule has 1 aliphatic heterocycles. The van der Waals surface area contributed by atoms with Gasteiger partial charge >= 0.3 is 0 Å². The summed E-state index contributed by atoms with van der Waals surface area (Å²) in [6, 6.07) is 6.44. The number of nitrogens with one attached hydrogen (secondary N) is 1. The second-order valence-corrected chi connectivity index (χ2v) is 6.95. The van der Waals surface area contributed by atoms with Gasteiger partial charge in [0.15, 0.2) is 0 Å². The number of piperazine rings is 1. The third-order valence-corrected chi connectivity index (χ3v) is 5.24. The summed E-state index contributed by atoms with van der Waals surface area (Å²) in [6.07, 6.45) is 9.91. The zero-order valence-electron chi connectivity index (χ0n) is 15.1. The molecule has 1 aliphatic rings. The number of hydrogen-bond donors (Lipinski definition) is 1. The number of aromatic nitrogens is 4. The summed E-state index contributed by atoms with van der Waals surface area (Å²) < 4.78 is 1.94. The molecule has 3 heterocycles. The van der Waals surface area contributed by atoms with Crippen LogP contribution in [0.5, 0.6) is 0 Å². The maximum absolute atomic E-state index is 3.90. The van der Waals surface area contributed by atoms with Crippen LogP contribution < -0.4 is 0 Å². The van der Waals surface area contributed by atoms with Crippen LogP contribution in [0.3, 0.4) is 0 Å². The first-order chi connectivity index (χ1) is 12.8. The molecule has 0 saturated carbocycles. The highest BCUT2D eigenvalue weighted by Gasteiger charge is 2.15. The lowest BCUT2D eigenvalue weighted by molar-refractivity contribution is 0.141. The van der Waals surface area contributed by atoms with Crippen LogP contribution in [-0.4, -0.2) is 68.8 Å². The highest BCUT2D eigenvalue weighted by atomic mass is 15.3. The Balaban J connectivity index is 1.36. The van der Waals surface area contributed by atoms with Crippen molar-refractivity contribution >= 4 is 10.9 Å². The Morgan fingerprint density at radius 3 is 2.62 bits per heavy atom. The molecule has 4 rings (SSSR count). The number of H-pyrrole nitrogens is 1. The fourth-order valence-electron chi connectivity index (χ4n) is 3.74. The highest BCUT2D eigenvalue weighted by molar-refractivity contribution is 5.85. The number of benzene rings is 1. The molecule has 6 nitrogen and oxygen atoms in total. The van der Waals surface area contributed by atoms with Gasteiger partial charge in [-0.25, -0.2) is 0 Å². The molecule has 3 aromatic rings. The molecular formula is C20H26N6. The number of fused-ring (bicyclic) bond motifs is 1. The molecule has 0 amide bonds. The largest absolute Gasteiger partial charge is 0.361 e. The zero-order valence-corrected chi connectivity index (χ0v) is 15.1. The van der Waals surface area contributed by atoms with Crippen LogP contribution in [0.15, 0.2) is 49.7 Å². The maximum Gasteiger partial charge on any atom is 0.123 e. The van der Waals surface area contributed by atoms with Crippen molar-refractivity contribution in [3.63, 3.8) is 0 Å². The van der Waals surface area contributed by atoms with Crippen LogP contribution in [-0.2, 0) is 6.42 Å². The van der Waals surface area contributed by atoms with E-state index in [9.17, 15) is 0 Å². The highest BCUT2D eigenvalue weighted by Crippen LogP contribution is 2.23. The standard InChI is InChI=1S/C20H26N6/c1-2-7-24-9-11-25(12-10-24)8-3-4-17-14-21-20-6-5-18(13-19(17)20)26-15-22-23-16-26/h2,5-6,13-16,21H,1,3-4,7-12H2. The molecule has 1 N–H and O–H groups in total. The van der Waals surface area contributed by atoms with Crippen LogP contribution in [0.1, 0.15) is 12.0 Å². The average Bonchev–Trinajstić information content (AvgIpc) is 3.33. The summed E-state index contributed by atoms with van der Waals surface area (Å²) in [5.41, 5.74) is 3.68. The SMILES string of the molecule is C=CCN1CCN(CCCc2c[nH]c3ccc(-n4cnnc4)cc23)CC1. The fraction of sp³-hybridized carbons (Fsp3) is 0.400. The second-order valence-electron chi connectivity index (χ2n) is 6.95. The van der Waals surface area contributed by atoms with Crippen LogP contribution in [0.25, 0.3) is 16.6 Å². The van der Waals surface area contributed by atoms with Crippen molar-refractivity contribution in [2.45, 2.75) is 12.8 Å². The van der Waals surface area contributed by atoms with E-state index in [2.05, 4.69) is 56.0 Å². The minimum absolute atomic E-state index is 1.01. The number of aryl methyl sites for hydroxylation is 1. The molecule has 1 aromatic carbocycles. The van der Waals surface area contributed by atoms with Crippen LogP contribution in [0, 0.1) is 0 Å². The molecule has 2 aromatic heterocycles. The summed E-state index contributed by atoms with van der Waals surface area (Å²) >= 11 is 0. The fourth-order valence-corrected chi connectivity index (χ4v) is 3.74. The van der Waals surface area contributed by atoms with Gasteiger partial charge in [-0.15, -0.1) is 16.8 Å². The molecular weight excluding hydrogens is 324 g/mol. The molecule has 26 heavy (non-hydrogen) atoms. The van der Waals surface area contributed by atoms with E-state index in [-0.39, 0.29) is 0 Å². The maximum atomic E-state index is 3.90. The Bertz CT molecular complexity index is 842. The van der Waals surface area contributed by atoms with Crippen molar-refractivity contribution in [3.8, 4) is 5.69 Å². The smallest absolute Gasteiger partial charge is 0.123 e. The Hall–Kier alpha value is -2.44. The van der Waals surface area contributed by atoms with Crippen molar-refractivity contribution in [1.29, 1.82) is 0 Å². The van der Waals surface area contributed by atoms with Crippen molar-refractivity contribution in [3.05, 3.63) is 55.3 Å². The number of aromatic amines is 1. The summed E-state index contributed by atoms with van der Waals surface area (Å²) in [4.78, 5) is 8.45. The molecule has 136 valence electrons. The van der Waals surface area contributed by atoms with Gasteiger partial charge in [-0.3, -0.25) is 9.47 Å². The van der Waals surface area contributed by atoms with Crippen molar-refractivity contribution in [1.82, 2.24) is 29.5 Å². The van der Waals surface area contributed by atoms with E-state index in [0.29, 0.717) is 0 Å². The molecule has 1 fully saturated rings. The molecule has 6 heteroatoms. The monoisotopic (exact) mass is 350 g/mol. The predicted molar refractivity (Wildman–Crippen MR) is 105 cm³/mol. The van der Waals surface area contributed by atoms with Gasteiger partial charge in [0.1, 0.15) is 12.7 Å². The predicted octanol–water partition coefficient (Wildman–Crippen LogP) is 2.48. The molecule has 1 saturated heterocycles. The van der Waals surface area contributed by atoms with E-state index in [0.717, 1.165) is 31.7 Å². The van der Waals surface area contributed by atoms with Gasteiger partial charge in [0, 0.05) is 55.5 Å². The minimum atomic E-state index is 1.01. The quantitative estimate of drug-likeness (QED) is 0.665. The van der Waals surface area contributed by atoms with Gasteiger partial charge in [0.25, 0.3) is 0 Å². The van der Waals surface area contributed by atoms with Crippen LogP contribution in [0.4, 0.5) is 0 Å². The summed E-state index contributed by atoms with van der Waals surface area (Å²) in [5.74, 6) is 0. The molecule has 0 atom stereocenters. The van der Waals surface area contributed by atoms with Gasteiger partial charge in [0.05, 0.1) is 0 Å². The zero-order chi connectivity index (χ0) is 17.8. The molecule has 0 radical (unpaired) electrons. The molecule has 0 spiro atoms. The number of rotatable bonds is 7. The van der Waals surface area contributed by atoms with E-state index >= 15 is 0 Å². The normalized spacial score (nSPS) is 16.3. The lowest BCUT2D eigenvalue weighted by Crippen LogP contribution is -2.46. The lowest BCUT2D eigenvalue weighted by Gasteiger charge is -2.34. The van der Waals surface area contributed by atoms with Crippen LogP contribution in [0.2, 0.25) is 0 Å².